The number of hydrogen-bond donors (Lipinski definition) is 1. The van der Waals surface area contributed by atoms with Crippen molar-refractivity contribution in [3.63, 3.8) is 0 Å². The number of hydrazone groups is 1. The van der Waals surface area contributed by atoms with Crippen LogP contribution in [-0.2, 0) is 4.74 Å². The molecule has 2 fully saturated rings. The molecule has 4 rings (SSSR count). The molecule has 0 amide bonds. The van der Waals surface area contributed by atoms with Gasteiger partial charge < -0.3 is 10.6 Å². The molecule has 2 aromatic rings. The lowest BCUT2D eigenvalue weighted by Crippen LogP contribution is -2.51. The van der Waals surface area contributed by atoms with Gasteiger partial charge in [-0.05, 0) is 37.4 Å². The van der Waals surface area contributed by atoms with Crippen LogP contribution in [0.15, 0.2) is 41.8 Å². The van der Waals surface area contributed by atoms with Crippen LogP contribution in [0.25, 0.3) is 11.4 Å². The molecule has 2 saturated heterocycles. The SMILES string of the molecule is N/N=C(/c1cnc(-c2ccc(C3CCN(C4COC4)CC3)cc2)nc1)C(F)F. The van der Waals surface area contributed by atoms with Gasteiger partial charge in [-0.2, -0.15) is 5.10 Å². The number of nitrogens with zero attached hydrogens (tertiary/aromatic N) is 4. The summed E-state index contributed by atoms with van der Waals surface area (Å²) in [4.78, 5) is 10.9. The first-order valence-corrected chi connectivity index (χ1v) is 9.46. The molecule has 1 aromatic heterocycles. The first-order chi connectivity index (χ1) is 13.7. The number of alkyl halides is 2. The molecule has 0 aliphatic carbocycles. The molecule has 0 radical (unpaired) electrons. The molecule has 6 nitrogen and oxygen atoms in total. The first kappa shape index (κ1) is 18.9. The van der Waals surface area contributed by atoms with Gasteiger partial charge in [-0.3, -0.25) is 4.90 Å². The van der Waals surface area contributed by atoms with Crippen LogP contribution < -0.4 is 5.84 Å². The van der Waals surface area contributed by atoms with Gasteiger partial charge in [-0.15, -0.1) is 0 Å². The molecule has 2 N–H and O–H groups in total. The minimum Gasteiger partial charge on any atom is -0.378 e. The molecule has 3 heterocycles. The number of nitrogens with two attached hydrogens (primary N) is 1. The van der Waals surface area contributed by atoms with E-state index in [1.165, 1.54) is 18.0 Å². The lowest BCUT2D eigenvalue weighted by Gasteiger charge is -2.41. The number of likely N-dealkylation sites (tertiary alicyclic amines) is 1. The third kappa shape index (κ3) is 3.88. The quantitative estimate of drug-likeness (QED) is 0.485. The van der Waals surface area contributed by atoms with E-state index in [-0.39, 0.29) is 5.56 Å². The fourth-order valence-corrected chi connectivity index (χ4v) is 3.80. The molecule has 0 atom stereocenters. The van der Waals surface area contributed by atoms with Crippen LogP contribution in [0.1, 0.15) is 29.9 Å². The Morgan fingerprint density at radius 1 is 1.11 bits per heavy atom. The van der Waals surface area contributed by atoms with Crippen molar-refractivity contribution in [1.29, 1.82) is 0 Å². The van der Waals surface area contributed by atoms with E-state index in [0.29, 0.717) is 17.8 Å². The Balaban J connectivity index is 1.40. The van der Waals surface area contributed by atoms with Crippen molar-refractivity contribution < 1.29 is 13.5 Å². The molecule has 0 unspecified atom stereocenters. The highest BCUT2D eigenvalue weighted by Crippen LogP contribution is 2.31. The smallest absolute Gasteiger partial charge is 0.282 e. The summed E-state index contributed by atoms with van der Waals surface area (Å²) in [7, 11) is 0. The summed E-state index contributed by atoms with van der Waals surface area (Å²) in [6, 6.07) is 8.82. The predicted octanol–water partition coefficient (Wildman–Crippen LogP) is 2.65. The van der Waals surface area contributed by atoms with Gasteiger partial charge >= 0.3 is 0 Å². The fourth-order valence-electron chi connectivity index (χ4n) is 3.80. The lowest BCUT2D eigenvalue weighted by molar-refractivity contribution is -0.0712. The van der Waals surface area contributed by atoms with Crippen LogP contribution in [-0.4, -0.2) is 59.4 Å². The van der Waals surface area contributed by atoms with E-state index in [1.54, 1.807) is 0 Å². The molecule has 28 heavy (non-hydrogen) atoms. The Kier molecular flexibility index (Phi) is 5.59. The summed E-state index contributed by atoms with van der Waals surface area (Å²) in [5.74, 6) is 6.07. The molecule has 2 aliphatic heterocycles. The van der Waals surface area contributed by atoms with Crippen LogP contribution in [0, 0.1) is 0 Å². The van der Waals surface area contributed by atoms with Gasteiger partial charge in [0.15, 0.2) is 5.82 Å². The maximum atomic E-state index is 12.8. The molecule has 0 saturated carbocycles. The fraction of sp³-hybridized carbons (Fsp3) is 0.450. The van der Waals surface area contributed by atoms with Crippen molar-refractivity contribution in [2.45, 2.75) is 31.2 Å². The molecule has 148 valence electrons. The van der Waals surface area contributed by atoms with E-state index in [2.05, 4.69) is 32.1 Å². The van der Waals surface area contributed by atoms with Crippen molar-refractivity contribution in [2.75, 3.05) is 26.3 Å². The van der Waals surface area contributed by atoms with Crippen LogP contribution >= 0.6 is 0 Å². The molecule has 1 aromatic carbocycles. The van der Waals surface area contributed by atoms with Crippen molar-refractivity contribution in [3.05, 3.63) is 47.8 Å². The number of halogens is 2. The van der Waals surface area contributed by atoms with E-state index in [9.17, 15) is 8.78 Å². The van der Waals surface area contributed by atoms with Gasteiger partial charge in [0.05, 0.1) is 19.3 Å². The Morgan fingerprint density at radius 2 is 1.75 bits per heavy atom. The number of rotatable bonds is 5. The largest absolute Gasteiger partial charge is 0.378 e. The highest BCUT2D eigenvalue weighted by atomic mass is 19.3. The van der Waals surface area contributed by atoms with E-state index >= 15 is 0 Å². The average molecular weight is 387 g/mol. The van der Waals surface area contributed by atoms with Gasteiger partial charge in [0, 0.05) is 23.5 Å². The standard InChI is InChI=1S/C20H23F2N5O/c21-19(22)18(26-23)16-9-24-20(25-10-16)15-3-1-13(2-4-15)14-5-7-27(8-6-14)17-11-28-12-17/h1-4,9-10,14,17,19H,5-8,11-12,23H2/b26-18-. The van der Waals surface area contributed by atoms with Crippen LogP contribution in [0.5, 0.6) is 0 Å². The summed E-state index contributed by atoms with van der Waals surface area (Å²) in [5.41, 5.74) is 1.78. The molecule has 8 heteroatoms. The van der Waals surface area contributed by atoms with Gasteiger partial charge in [-0.25, -0.2) is 18.7 Å². The van der Waals surface area contributed by atoms with E-state index in [1.807, 2.05) is 12.1 Å². The Bertz CT molecular complexity index is 813. The third-order valence-electron chi connectivity index (χ3n) is 5.60. The predicted molar refractivity (Wildman–Crippen MR) is 102 cm³/mol. The minimum atomic E-state index is -2.76. The van der Waals surface area contributed by atoms with Gasteiger partial charge in [0.25, 0.3) is 6.43 Å². The Labute approximate surface area is 162 Å². The topological polar surface area (TPSA) is 76.6 Å². The number of ether oxygens (including phenoxy) is 1. The highest BCUT2D eigenvalue weighted by molar-refractivity contribution is 6.02. The minimum absolute atomic E-state index is 0.126. The summed E-state index contributed by atoms with van der Waals surface area (Å²) in [6.45, 7) is 3.96. The number of piperidine rings is 1. The van der Waals surface area contributed by atoms with Crippen LogP contribution in [0.2, 0.25) is 0 Å². The Hall–Kier alpha value is -2.45. The zero-order valence-electron chi connectivity index (χ0n) is 15.5. The van der Waals surface area contributed by atoms with Crippen molar-refractivity contribution in [1.82, 2.24) is 14.9 Å². The summed E-state index contributed by atoms with van der Waals surface area (Å²) >= 11 is 0. The summed E-state index contributed by atoms with van der Waals surface area (Å²) in [5, 5.41) is 3.13. The molecular weight excluding hydrogens is 364 g/mol. The molecular formula is C20H23F2N5O. The second kappa shape index (κ2) is 8.28. The maximum Gasteiger partial charge on any atom is 0.282 e. The van der Waals surface area contributed by atoms with Gasteiger partial charge in [-0.1, -0.05) is 24.3 Å². The van der Waals surface area contributed by atoms with E-state index < -0.39 is 12.1 Å². The lowest BCUT2D eigenvalue weighted by atomic mass is 9.88. The van der Waals surface area contributed by atoms with Gasteiger partial charge in [0.1, 0.15) is 5.71 Å². The number of hydrogen-bond acceptors (Lipinski definition) is 6. The highest BCUT2D eigenvalue weighted by Gasteiger charge is 2.30. The van der Waals surface area contributed by atoms with E-state index in [0.717, 1.165) is 44.7 Å². The third-order valence-corrected chi connectivity index (χ3v) is 5.60. The number of aromatic nitrogens is 2. The summed E-state index contributed by atoms with van der Waals surface area (Å²) < 4.78 is 31.0. The zero-order chi connectivity index (χ0) is 19.5. The molecule has 0 spiro atoms. The van der Waals surface area contributed by atoms with Crippen LogP contribution in [0.4, 0.5) is 8.78 Å². The molecule has 2 aliphatic rings. The first-order valence-electron chi connectivity index (χ1n) is 9.46. The number of benzene rings is 1. The Morgan fingerprint density at radius 3 is 2.25 bits per heavy atom. The summed E-state index contributed by atoms with van der Waals surface area (Å²) in [6.07, 6.45) is 2.19. The maximum absolute atomic E-state index is 12.8. The van der Waals surface area contributed by atoms with Crippen LogP contribution in [0.3, 0.4) is 0 Å². The van der Waals surface area contributed by atoms with E-state index in [4.69, 9.17) is 10.6 Å². The monoisotopic (exact) mass is 387 g/mol. The second-order valence-electron chi connectivity index (χ2n) is 7.23. The van der Waals surface area contributed by atoms with Crippen molar-refractivity contribution >= 4 is 5.71 Å². The van der Waals surface area contributed by atoms with Crippen molar-refractivity contribution in [3.8, 4) is 11.4 Å². The normalized spacial score (nSPS) is 19.8. The van der Waals surface area contributed by atoms with Gasteiger partial charge in [0.2, 0.25) is 0 Å². The molecule has 0 bridgehead atoms. The van der Waals surface area contributed by atoms with Crippen molar-refractivity contribution in [2.24, 2.45) is 10.9 Å². The average Bonchev–Trinajstić information content (AvgIpc) is 2.68. The second-order valence-corrected chi connectivity index (χ2v) is 7.23. The zero-order valence-corrected chi connectivity index (χ0v) is 15.5.